The van der Waals surface area contributed by atoms with Crippen molar-refractivity contribution < 1.29 is 14.3 Å². The number of methoxy groups -OCH3 is 1. The lowest BCUT2D eigenvalue weighted by molar-refractivity contribution is -0.117. The molecule has 2 atom stereocenters. The summed E-state index contributed by atoms with van der Waals surface area (Å²) in [5.41, 5.74) is 0.693. The number of ether oxygens (including phenoxy) is 2. The van der Waals surface area contributed by atoms with Crippen LogP contribution in [0, 0.1) is 11.8 Å². The Morgan fingerprint density at radius 3 is 2.88 bits per heavy atom. The van der Waals surface area contributed by atoms with Crippen molar-refractivity contribution in [3.8, 4) is 5.75 Å². The fourth-order valence-corrected chi connectivity index (χ4v) is 3.20. The Morgan fingerprint density at radius 1 is 1.44 bits per heavy atom. The van der Waals surface area contributed by atoms with Gasteiger partial charge in [0.1, 0.15) is 12.4 Å². The van der Waals surface area contributed by atoms with E-state index in [0.29, 0.717) is 47.9 Å². The topological polar surface area (TPSA) is 59.6 Å². The van der Waals surface area contributed by atoms with Crippen LogP contribution in [0.25, 0.3) is 0 Å². The second-order valence-electron chi connectivity index (χ2n) is 6.32. The summed E-state index contributed by atoms with van der Waals surface area (Å²) >= 11 is 6.19. The Balaban J connectivity index is 0.00000312. The minimum absolute atomic E-state index is 0. The van der Waals surface area contributed by atoms with Gasteiger partial charge in [0.2, 0.25) is 5.91 Å². The van der Waals surface area contributed by atoms with Crippen molar-refractivity contribution in [2.45, 2.75) is 26.2 Å². The van der Waals surface area contributed by atoms with Crippen molar-refractivity contribution in [3.63, 3.8) is 0 Å². The zero-order chi connectivity index (χ0) is 17.4. The first-order valence-corrected chi connectivity index (χ1v) is 8.89. The summed E-state index contributed by atoms with van der Waals surface area (Å²) in [6.45, 7) is 5.19. The Morgan fingerprint density at radius 2 is 2.24 bits per heavy atom. The molecule has 1 aromatic rings. The second-order valence-corrected chi connectivity index (χ2v) is 6.73. The van der Waals surface area contributed by atoms with E-state index < -0.39 is 0 Å². The molecular formula is C18H28Cl2N2O3. The van der Waals surface area contributed by atoms with Crippen molar-refractivity contribution in [1.29, 1.82) is 0 Å². The van der Waals surface area contributed by atoms with E-state index in [-0.39, 0.29) is 18.3 Å². The molecule has 0 saturated carbocycles. The van der Waals surface area contributed by atoms with Gasteiger partial charge in [0.15, 0.2) is 0 Å². The van der Waals surface area contributed by atoms with Gasteiger partial charge in [-0.25, -0.2) is 0 Å². The second kappa shape index (κ2) is 11.6. The quantitative estimate of drug-likeness (QED) is 0.663. The van der Waals surface area contributed by atoms with Gasteiger partial charge in [0.25, 0.3) is 0 Å². The van der Waals surface area contributed by atoms with E-state index in [4.69, 9.17) is 21.1 Å². The summed E-state index contributed by atoms with van der Waals surface area (Å²) in [7, 11) is 1.62. The van der Waals surface area contributed by atoms with E-state index in [9.17, 15) is 4.79 Å². The van der Waals surface area contributed by atoms with Gasteiger partial charge in [-0.15, -0.1) is 12.4 Å². The maximum absolute atomic E-state index is 12.3. The van der Waals surface area contributed by atoms with Crippen LogP contribution in [-0.4, -0.2) is 39.3 Å². The van der Waals surface area contributed by atoms with Crippen molar-refractivity contribution in [2.75, 3.05) is 38.7 Å². The lowest BCUT2D eigenvalue weighted by Gasteiger charge is -2.28. The molecule has 7 heteroatoms. The number of nitrogens with one attached hydrogen (secondary N) is 2. The van der Waals surface area contributed by atoms with E-state index in [2.05, 4.69) is 17.6 Å². The summed E-state index contributed by atoms with van der Waals surface area (Å²) in [4.78, 5) is 12.3. The highest BCUT2D eigenvalue weighted by molar-refractivity contribution is 6.32. The monoisotopic (exact) mass is 390 g/mol. The molecule has 1 fully saturated rings. The number of rotatable bonds is 8. The van der Waals surface area contributed by atoms with Gasteiger partial charge in [-0.05, 0) is 56.0 Å². The predicted molar refractivity (Wildman–Crippen MR) is 104 cm³/mol. The number of carbonyl (C=O) groups excluding carboxylic acids is 1. The minimum atomic E-state index is 0. The van der Waals surface area contributed by atoms with Gasteiger partial charge in [0, 0.05) is 19.2 Å². The van der Waals surface area contributed by atoms with Gasteiger partial charge in [-0.2, -0.15) is 0 Å². The number of piperidine rings is 1. The Labute approximate surface area is 161 Å². The van der Waals surface area contributed by atoms with Crippen LogP contribution in [0.3, 0.4) is 0 Å². The number of hydrogen-bond acceptors (Lipinski definition) is 4. The van der Waals surface area contributed by atoms with Gasteiger partial charge >= 0.3 is 0 Å². The first-order chi connectivity index (χ1) is 11.6. The van der Waals surface area contributed by atoms with Crippen LogP contribution in [0.1, 0.15) is 26.2 Å². The van der Waals surface area contributed by atoms with Crippen LogP contribution in [-0.2, 0) is 9.53 Å². The van der Waals surface area contributed by atoms with E-state index in [0.717, 1.165) is 13.1 Å². The fraction of sp³-hybridized carbons (Fsp3) is 0.611. The SMILES string of the molecule is COCCOc1ccc(NC(=O)CC(C)C2CCCNC2)cc1Cl.Cl. The predicted octanol–water partition coefficient (Wildman–Crippen LogP) is 3.75. The average Bonchev–Trinajstić information content (AvgIpc) is 2.57. The van der Waals surface area contributed by atoms with Crippen molar-refractivity contribution in [1.82, 2.24) is 5.32 Å². The Kier molecular flexibility index (Phi) is 10.2. The molecule has 2 rings (SSSR count). The summed E-state index contributed by atoms with van der Waals surface area (Å²) in [6.07, 6.45) is 2.91. The highest BCUT2D eigenvalue weighted by Gasteiger charge is 2.22. The third-order valence-electron chi connectivity index (χ3n) is 4.41. The lowest BCUT2D eigenvalue weighted by atomic mass is 9.85. The minimum Gasteiger partial charge on any atom is -0.490 e. The first kappa shape index (κ1) is 22.0. The third kappa shape index (κ3) is 7.40. The zero-order valence-corrected chi connectivity index (χ0v) is 16.4. The smallest absolute Gasteiger partial charge is 0.224 e. The number of anilines is 1. The molecule has 1 aliphatic rings. The van der Waals surface area contributed by atoms with E-state index in [1.807, 2.05) is 0 Å². The average molecular weight is 391 g/mol. The summed E-state index contributed by atoms with van der Waals surface area (Å²) in [6, 6.07) is 5.29. The number of amides is 1. The zero-order valence-electron chi connectivity index (χ0n) is 14.8. The van der Waals surface area contributed by atoms with Crippen LogP contribution >= 0.6 is 24.0 Å². The summed E-state index contributed by atoms with van der Waals surface area (Å²) < 4.78 is 10.4. The number of benzene rings is 1. The van der Waals surface area contributed by atoms with Gasteiger partial charge in [0.05, 0.1) is 11.6 Å². The fourth-order valence-electron chi connectivity index (χ4n) is 2.97. The van der Waals surface area contributed by atoms with Crippen molar-refractivity contribution in [2.24, 2.45) is 11.8 Å². The number of hydrogen-bond donors (Lipinski definition) is 2. The van der Waals surface area contributed by atoms with Gasteiger partial charge < -0.3 is 20.1 Å². The molecular weight excluding hydrogens is 363 g/mol. The molecule has 1 saturated heterocycles. The van der Waals surface area contributed by atoms with Crippen LogP contribution in [0.4, 0.5) is 5.69 Å². The molecule has 25 heavy (non-hydrogen) atoms. The summed E-state index contributed by atoms with van der Waals surface area (Å²) in [5, 5.41) is 6.80. The maximum Gasteiger partial charge on any atom is 0.224 e. The van der Waals surface area contributed by atoms with Gasteiger partial charge in [-0.3, -0.25) is 4.79 Å². The van der Waals surface area contributed by atoms with E-state index in [1.54, 1.807) is 25.3 Å². The van der Waals surface area contributed by atoms with Gasteiger partial charge in [-0.1, -0.05) is 18.5 Å². The molecule has 1 aromatic carbocycles. The highest BCUT2D eigenvalue weighted by atomic mass is 35.5. The van der Waals surface area contributed by atoms with Crippen LogP contribution in [0.15, 0.2) is 18.2 Å². The molecule has 142 valence electrons. The molecule has 1 heterocycles. The molecule has 0 bridgehead atoms. The third-order valence-corrected chi connectivity index (χ3v) is 4.70. The normalized spacial score (nSPS) is 18.1. The molecule has 1 aliphatic heterocycles. The molecule has 1 amide bonds. The maximum atomic E-state index is 12.3. The molecule has 0 spiro atoms. The molecule has 0 aliphatic carbocycles. The molecule has 0 radical (unpaired) electrons. The standard InChI is InChI=1S/C18H27ClN2O3.ClH/c1-13(14-4-3-7-20-12-14)10-18(22)21-15-5-6-17(16(19)11-15)24-9-8-23-2;/h5-6,11,13-14,20H,3-4,7-10,12H2,1-2H3,(H,21,22);1H. The number of halogens is 2. The Bertz CT molecular complexity index is 537. The van der Waals surface area contributed by atoms with Crippen molar-refractivity contribution in [3.05, 3.63) is 23.2 Å². The molecule has 5 nitrogen and oxygen atoms in total. The van der Waals surface area contributed by atoms with Crippen LogP contribution < -0.4 is 15.4 Å². The Hall–Kier alpha value is -1.01. The lowest BCUT2D eigenvalue weighted by Crippen LogP contribution is -2.34. The van der Waals surface area contributed by atoms with Crippen LogP contribution in [0.2, 0.25) is 5.02 Å². The van der Waals surface area contributed by atoms with Crippen molar-refractivity contribution >= 4 is 35.6 Å². The molecule has 2 N–H and O–H groups in total. The number of carbonyl (C=O) groups is 1. The highest BCUT2D eigenvalue weighted by Crippen LogP contribution is 2.28. The molecule has 0 aromatic heterocycles. The largest absolute Gasteiger partial charge is 0.490 e. The van der Waals surface area contributed by atoms with Crippen LogP contribution in [0.5, 0.6) is 5.75 Å². The van der Waals surface area contributed by atoms with E-state index in [1.165, 1.54) is 12.8 Å². The molecule has 2 unspecified atom stereocenters. The first-order valence-electron chi connectivity index (χ1n) is 8.52. The summed E-state index contributed by atoms with van der Waals surface area (Å²) in [5.74, 6) is 1.56. The van der Waals surface area contributed by atoms with E-state index >= 15 is 0 Å².